The Kier molecular flexibility index (Phi) is 3.20. The molecular weight excluding hydrogens is 246 g/mol. The van der Waals surface area contributed by atoms with Gasteiger partial charge < -0.3 is 0 Å². The van der Waals surface area contributed by atoms with E-state index in [0.717, 1.165) is 12.1 Å². The maximum atomic E-state index is 13.5. The summed E-state index contributed by atoms with van der Waals surface area (Å²) in [7, 11) is 0. The quantitative estimate of drug-likeness (QED) is 0.736. The summed E-state index contributed by atoms with van der Waals surface area (Å²) in [6, 6.07) is 7.87. The van der Waals surface area contributed by atoms with E-state index in [-0.39, 0.29) is 21.7 Å². The van der Waals surface area contributed by atoms with E-state index < -0.39 is 11.6 Å². The highest BCUT2D eigenvalue weighted by Crippen LogP contribution is 2.28. The number of rotatable bonds is 2. The fraction of sp³-hybridized carbons (Fsp3) is 0. The third kappa shape index (κ3) is 2.19. The number of carbonyl (C=O) groups excluding carboxylic acids is 1. The van der Waals surface area contributed by atoms with Crippen LogP contribution in [-0.2, 0) is 0 Å². The number of hydrogen-bond donors (Lipinski definition) is 0. The summed E-state index contributed by atoms with van der Waals surface area (Å²) < 4.78 is 27.0. The minimum atomic E-state index is -0.677. The summed E-state index contributed by atoms with van der Waals surface area (Å²) in [4.78, 5) is 10.7. The lowest BCUT2D eigenvalue weighted by Gasteiger charge is -2.06. The molecule has 1 nitrogen and oxygen atoms in total. The second-order valence-electron chi connectivity index (χ2n) is 3.45. The molecule has 4 heteroatoms. The molecule has 0 atom stereocenters. The van der Waals surface area contributed by atoms with Crippen molar-refractivity contribution in [3.63, 3.8) is 0 Å². The molecule has 86 valence electrons. The number of carbonyl (C=O) groups is 1. The molecule has 0 fully saturated rings. The molecule has 2 aromatic rings. The van der Waals surface area contributed by atoms with Gasteiger partial charge in [0.05, 0.1) is 10.6 Å². The van der Waals surface area contributed by atoms with Gasteiger partial charge in [-0.2, -0.15) is 0 Å². The van der Waals surface area contributed by atoms with Crippen LogP contribution in [0.1, 0.15) is 10.4 Å². The molecule has 0 aliphatic heterocycles. The van der Waals surface area contributed by atoms with Gasteiger partial charge in [0.1, 0.15) is 11.6 Å². The lowest BCUT2D eigenvalue weighted by atomic mass is 10.0. The molecular formula is C13H7ClF2O. The van der Waals surface area contributed by atoms with E-state index in [2.05, 4.69) is 0 Å². The molecule has 0 saturated heterocycles. The molecule has 0 aliphatic carbocycles. The fourth-order valence-corrected chi connectivity index (χ4v) is 1.73. The molecule has 2 aromatic carbocycles. The van der Waals surface area contributed by atoms with Crippen molar-refractivity contribution < 1.29 is 13.6 Å². The van der Waals surface area contributed by atoms with Crippen molar-refractivity contribution in [2.24, 2.45) is 0 Å². The first-order valence-electron chi connectivity index (χ1n) is 4.82. The van der Waals surface area contributed by atoms with Crippen LogP contribution < -0.4 is 0 Å². The zero-order valence-electron chi connectivity index (χ0n) is 8.58. The molecule has 0 aromatic heterocycles. The molecule has 0 aliphatic rings. The average molecular weight is 253 g/mol. The zero-order chi connectivity index (χ0) is 12.4. The summed E-state index contributed by atoms with van der Waals surface area (Å²) in [5.74, 6) is -1.35. The van der Waals surface area contributed by atoms with E-state index in [0.29, 0.717) is 6.29 Å². The van der Waals surface area contributed by atoms with Gasteiger partial charge in [-0.15, -0.1) is 0 Å². The Morgan fingerprint density at radius 3 is 2.29 bits per heavy atom. The van der Waals surface area contributed by atoms with Crippen molar-refractivity contribution in [3.05, 3.63) is 58.6 Å². The molecule has 0 spiro atoms. The van der Waals surface area contributed by atoms with Gasteiger partial charge in [-0.05, 0) is 29.8 Å². The largest absolute Gasteiger partial charge is 0.298 e. The van der Waals surface area contributed by atoms with Crippen LogP contribution in [0.5, 0.6) is 0 Å². The summed E-state index contributed by atoms with van der Waals surface area (Å²) in [6.45, 7) is 0. The Bertz CT molecular complexity index is 561. The van der Waals surface area contributed by atoms with E-state index in [1.165, 1.54) is 24.3 Å². The molecule has 0 unspecified atom stereocenters. The monoisotopic (exact) mass is 252 g/mol. The standard InChI is InChI=1S/C13H7ClF2O/c14-10-5-4-8(6-9(10)7-17)13-11(15)2-1-3-12(13)16/h1-7H. The molecule has 17 heavy (non-hydrogen) atoms. The van der Waals surface area contributed by atoms with Gasteiger partial charge in [0.15, 0.2) is 6.29 Å². The van der Waals surface area contributed by atoms with Crippen molar-refractivity contribution in [1.29, 1.82) is 0 Å². The number of benzene rings is 2. The van der Waals surface area contributed by atoms with Gasteiger partial charge in [0.25, 0.3) is 0 Å². The Labute approximate surface area is 102 Å². The Morgan fingerprint density at radius 1 is 1.06 bits per heavy atom. The number of aldehydes is 1. The Hall–Kier alpha value is -1.74. The molecule has 0 bridgehead atoms. The predicted molar refractivity (Wildman–Crippen MR) is 62.2 cm³/mol. The SMILES string of the molecule is O=Cc1cc(-c2c(F)cccc2F)ccc1Cl. The van der Waals surface area contributed by atoms with Gasteiger partial charge in [0.2, 0.25) is 0 Å². The minimum absolute atomic E-state index is 0.160. The maximum absolute atomic E-state index is 13.5. The smallest absolute Gasteiger partial charge is 0.151 e. The highest BCUT2D eigenvalue weighted by atomic mass is 35.5. The summed E-state index contributed by atoms with van der Waals surface area (Å²) in [6.07, 6.45) is 0.546. The molecule has 0 amide bonds. The average Bonchev–Trinajstić information content (AvgIpc) is 2.31. The van der Waals surface area contributed by atoms with E-state index in [1.54, 1.807) is 0 Å². The first kappa shape index (κ1) is 11.7. The lowest BCUT2D eigenvalue weighted by molar-refractivity contribution is 0.112. The lowest BCUT2D eigenvalue weighted by Crippen LogP contribution is -1.91. The minimum Gasteiger partial charge on any atom is -0.298 e. The van der Waals surface area contributed by atoms with Crippen LogP contribution in [0.2, 0.25) is 5.02 Å². The summed E-state index contributed by atoms with van der Waals surface area (Å²) >= 11 is 5.74. The molecule has 2 rings (SSSR count). The third-order valence-electron chi connectivity index (χ3n) is 2.37. The number of hydrogen-bond acceptors (Lipinski definition) is 1. The van der Waals surface area contributed by atoms with Gasteiger partial charge in [0, 0.05) is 5.56 Å². The van der Waals surface area contributed by atoms with Crippen LogP contribution in [0.4, 0.5) is 8.78 Å². The highest BCUT2D eigenvalue weighted by molar-refractivity contribution is 6.33. The van der Waals surface area contributed by atoms with Crippen molar-refractivity contribution in [2.45, 2.75) is 0 Å². The topological polar surface area (TPSA) is 17.1 Å². The van der Waals surface area contributed by atoms with Crippen molar-refractivity contribution in [3.8, 4) is 11.1 Å². The zero-order valence-corrected chi connectivity index (χ0v) is 9.34. The van der Waals surface area contributed by atoms with E-state index in [1.807, 2.05) is 0 Å². The van der Waals surface area contributed by atoms with Crippen molar-refractivity contribution in [2.75, 3.05) is 0 Å². The first-order valence-corrected chi connectivity index (χ1v) is 5.20. The van der Waals surface area contributed by atoms with Gasteiger partial charge in [-0.25, -0.2) is 8.78 Å². The predicted octanol–water partition coefficient (Wildman–Crippen LogP) is 4.10. The van der Waals surface area contributed by atoms with Crippen LogP contribution in [-0.4, -0.2) is 6.29 Å². The second-order valence-corrected chi connectivity index (χ2v) is 3.86. The summed E-state index contributed by atoms with van der Waals surface area (Å²) in [5.41, 5.74) is 0.325. The molecule has 0 N–H and O–H groups in total. The van der Waals surface area contributed by atoms with Crippen LogP contribution in [0.3, 0.4) is 0 Å². The van der Waals surface area contributed by atoms with Gasteiger partial charge in [-0.1, -0.05) is 23.7 Å². The summed E-state index contributed by atoms with van der Waals surface area (Å²) in [5, 5.41) is 0.250. The normalized spacial score (nSPS) is 10.3. The van der Waals surface area contributed by atoms with Gasteiger partial charge >= 0.3 is 0 Å². The number of halogens is 3. The van der Waals surface area contributed by atoms with Crippen molar-refractivity contribution in [1.82, 2.24) is 0 Å². The van der Waals surface area contributed by atoms with E-state index in [4.69, 9.17) is 11.6 Å². The Morgan fingerprint density at radius 2 is 1.71 bits per heavy atom. The fourth-order valence-electron chi connectivity index (χ4n) is 1.56. The maximum Gasteiger partial charge on any atom is 0.151 e. The third-order valence-corrected chi connectivity index (χ3v) is 2.72. The molecule has 0 heterocycles. The first-order chi connectivity index (χ1) is 8.13. The van der Waals surface area contributed by atoms with Crippen molar-refractivity contribution >= 4 is 17.9 Å². The van der Waals surface area contributed by atoms with Crippen LogP contribution in [0, 0.1) is 11.6 Å². The molecule has 0 radical (unpaired) electrons. The van der Waals surface area contributed by atoms with Crippen LogP contribution in [0.25, 0.3) is 11.1 Å². The van der Waals surface area contributed by atoms with E-state index >= 15 is 0 Å². The van der Waals surface area contributed by atoms with Crippen LogP contribution in [0.15, 0.2) is 36.4 Å². The van der Waals surface area contributed by atoms with Gasteiger partial charge in [-0.3, -0.25) is 4.79 Å². The second kappa shape index (κ2) is 4.63. The van der Waals surface area contributed by atoms with E-state index in [9.17, 15) is 13.6 Å². The highest BCUT2D eigenvalue weighted by Gasteiger charge is 2.12. The Balaban J connectivity index is 2.65. The van der Waals surface area contributed by atoms with Crippen LogP contribution >= 0.6 is 11.6 Å². The molecule has 0 saturated carbocycles.